The molecule has 1 heterocycles. The predicted octanol–water partition coefficient (Wildman–Crippen LogP) is 1.49. The molecule has 1 aliphatic rings. The van der Waals surface area contributed by atoms with Crippen molar-refractivity contribution in [1.29, 1.82) is 0 Å². The molecule has 0 aromatic carbocycles. The summed E-state index contributed by atoms with van der Waals surface area (Å²) in [7, 11) is 0. The summed E-state index contributed by atoms with van der Waals surface area (Å²) < 4.78 is 0. The molecule has 0 bridgehead atoms. The van der Waals surface area contributed by atoms with Gasteiger partial charge in [0.25, 0.3) is 0 Å². The summed E-state index contributed by atoms with van der Waals surface area (Å²) in [5.74, 6) is 0.995. The number of hydrogen-bond donors (Lipinski definition) is 1. The van der Waals surface area contributed by atoms with E-state index in [0.29, 0.717) is 18.4 Å². The molecule has 2 rings (SSSR count). The second-order valence-corrected chi connectivity index (χ2v) is 3.54. The minimum atomic E-state index is 0.306. The van der Waals surface area contributed by atoms with Gasteiger partial charge in [-0.25, -0.2) is 0 Å². The highest BCUT2D eigenvalue weighted by Gasteiger charge is 2.38. The second-order valence-electron chi connectivity index (χ2n) is 3.54. The van der Waals surface area contributed by atoms with E-state index in [0.717, 1.165) is 12.1 Å². The van der Waals surface area contributed by atoms with Crippen LogP contribution < -0.4 is 0 Å². The number of aromatic nitrogens is 1. The third-order valence-electron chi connectivity index (χ3n) is 2.47. The van der Waals surface area contributed by atoms with Gasteiger partial charge in [-0.2, -0.15) is 0 Å². The Kier molecular flexibility index (Phi) is 1.85. The summed E-state index contributed by atoms with van der Waals surface area (Å²) in [6.07, 6.45) is 2.95. The van der Waals surface area contributed by atoms with Crippen LogP contribution in [0.1, 0.15) is 23.6 Å². The van der Waals surface area contributed by atoms with Crippen molar-refractivity contribution in [3.63, 3.8) is 0 Å². The topological polar surface area (TPSA) is 33.1 Å². The zero-order valence-corrected chi connectivity index (χ0v) is 7.20. The van der Waals surface area contributed by atoms with Crippen LogP contribution in [0.2, 0.25) is 0 Å². The minimum absolute atomic E-state index is 0.306. The first-order chi connectivity index (χ1) is 5.81. The fraction of sp³-hybridized carbons (Fsp3) is 0.500. The van der Waals surface area contributed by atoms with Crippen molar-refractivity contribution in [2.24, 2.45) is 5.92 Å². The van der Waals surface area contributed by atoms with Gasteiger partial charge in [0.1, 0.15) is 0 Å². The number of rotatable bonds is 2. The highest BCUT2D eigenvalue weighted by atomic mass is 16.3. The first-order valence-electron chi connectivity index (χ1n) is 4.34. The molecule has 1 aliphatic carbocycles. The Hall–Kier alpha value is -0.890. The standard InChI is InChI=1S/C10H13NO/c1-7-2-3-11-10(4-7)9-5-8(9)6-12/h2-4,8-9,12H,5-6H2,1H3/t8-,9-/m0/s1. The van der Waals surface area contributed by atoms with Crippen molar-refractivity contribution in [2.75, 3.05) is 6.61 Å². The molecule has 12 heavy (non-hydrogen) atoms. The molecular formula is C10H13NO. The summed E-state index contributed by atoms with van der Waals surface area (Å²) in [5, 5.41) is 8.88. The van der Waals surface area contributed by atoms with Crippen molar-refractivity contribution < 1.29 is 5.11 Å². The van der Waals surface area contributed by atoms with E-state index in [4.69, 9.17) is 5.11 Å². The van der Waals surface area contributed by atoms with Gasteiger partial charge in [0.05, 0.1) is 0 Å². The molecule has 0 radical (unpaired) electrons. The molecule has 0 unspecified atom stereocenters. The summed E-state index contributed by atoms with van der Waals surface area (Å²) >= 11 is 0. The normalized spacial score (nSPS) is 27.2. The van der Waals surface area contributed by atoms with Crippen molar-refractivity contribution in [1.82, 2.24) is 4.98 Å². The second kappa shape index (κ2) is 2.87. The Labute approximate surface area is 72.3 Å². The third-order valence-corrected chi connectivity index (χ3v) is 2.47. The van der Waals surface area contributed by atoms with Crippen molar-refractivity contribution in [3.05, 3.63) is 29.6 Å². The molecule has 1 N–H and O–H groups in total. The Morgan fingerprint density at radius 2 is 2.50 bits per heavy atom. The van der Waals surface area contributed by atoms with E-state index in [1.165, 1.54) is 5.56 Å². The number of aryl methyl sites for hydroxylation is 1. The Bertz CT molecular complexity index is 285. The smallest absolute Gasteiger partial charge is 0.0465 e. The zero-order chi connectivity index (χ0) is 8.55. The maximum atomic E-state index is 8.88. The van der Waals surface area contributed by atoms with Gasteiger partial charge in [-0.1, -0.05) is 0 Å². The molecule has 1 saturated carbocycles. The van der Waals surface area contributed by atoms with Crippen LogP contribution in [0.5, 0.6) is 0 Å². The average Bonchev–Trinajstić information content (AvgIpc) is 2.83. The first kappa shape index (κ1) is 7.74. The van der Waals surface area contributed by atoms with Crippen molar-refractivity contribution in [3.8, 4) is 0 Å². The summed E-state index contributed by atoms with van der Waals surface area (Å²) in [6, 6.07) is 4.11. The number of aliphatic hydroxyl groups is 1. The Balaban J connectivity index is 2.14. The van der Waals surface area contributed by atoms with Gasteiger partial charge < -0.3 is 5.11 Å². The van der Waals surface area contributed by atoms with Gasteiger partial charge >= 0.3 is 0 Å². The molecule has 0 saturated heterocycles. The van der Waals surface area contributed by atoms with E-state index in [1.807, 2.05) is 12.3 Å². The number of nitrogens with zero attached hydrogens (tertiary/aromatic N) is 1. The van der Waals surface area contributed by atoms with Crippen LogP contribution in [0.25, 0.3) is 0 Å². The lowest BCUT2D eigenvalue weighted by molar-refractivity contribution is 0.273. The largest absolute Gasteiger partial charge is 0.396 e. The minimum Gasteiger partial charge on any atom is -0.396 e. The molecule has 64 valence electrons. The summed E-state index contributed by atoms with van der Waals surface area (Å²) in [6.45, 7) is 2.38. The van der Waals surface area contributed by atoms with E-state index < -0.39 is 0 Å². The van der Waals surface area contributed by atoms with Crippen molar-refractivity contribution >= 4 is 0 Å². The van der Waals surface area contributed by atoms with Gasteiger partial charge in [-0.05, 0) is 37.0 Å². The third kappa shape index (κ3) is 1.34. The molecule has 0 aliphatic heterocycles. The lowest BCUT2D eigenvalue weighted by atomic mass is 10.2. The first-order valence-corrected chi connectivity index (χ1v) is 4.34. The molecule has 0 spiro atoms. The van der Waals surface area contributed by atoms with E-state index in [1.54, 1.807) is 0 Å². The van der Waals surface area contributed by atoms with Crippen LogP contribution in [0.15, 0.2) is 18.3 Å². The van der Waals surface area contributed by atoms with Gasteiger partial charge in [0.15, 0.2) is 0 Å². The summed E-state index contributed by atoms with van der Waals surface area (Å²) in [5.41, 5.74) is 2.40. The quantitative estimate of drug-likeness (QED) is 0.716. The Morgan fingerprint density at radius 3 is 3.08 bits per heavy atom. The fourth-order valence-electron chi connectivity index (χ4n) is 1.57. The zero-order valence-electron chi connectivity index (χ0n) is 7.20. The average molecular weight is 163 g/mol. The monoisotopic (exact) mass is 163 g/mol. The summed E-state index contributed by atoms with van der Waals surface area (Å²) in [4.78, 5) is 4.29. The lowest BCUT2D eigenvalue weighted by Crippen LogP contribution is -1.91. The number of hydrogen-bond acceptors (Lipinski definition) is 2. The molecule has 1 fully saturated rings. The maximum absolute atomic E-state index is 8.88. The molecule has 2 heteroatoms. The van der Waals surface area contributed by atoms with E-state index in [9.17, 15) is 0 Å². The van der Waals surface area contributed by atoms with E-state index >= 15 is 0 Å². The van der Waals surface area contributed by atoms with Crippen LogP contribution in [-0.4, -0.2) is 16.7 Å². The molecular weight excluding hydrogens is 150 g/mol. The SMILES string of the molecule is Cc1ccnc([C@H]2C[C@H]2CO)c1. The highest BCUT2D eigenvalue weighted by molar-refractivity contribution is 5.22. The molecule has 2 nitrogen and oxygen atoms in total. The molecule has 0 amide bonds. The fourth-order valence-corrected chi connectivity index (χ4v) is 1.57. The van der Waals surface area contributed by atoms with Crippen LogP contribution in [-0.2, 0) is 0 Å². The van der Waals surface area contributed by atoms with E-state index in [-0.39, 0.29) is 0 Å². The molecule has 2 atom stereocenters. The Morgan fingerprint density at radius 1 is 1.67 bits per heavy atom. The van der Waals surface area contributed by atoms with Crippen LogP contribution in [0.4, 0.5) is 0 Å². The maximum Gasteiger partial charge on any atom is 0.0465 e. The lowest BCUT2D eigenvalue weighted by Gasteiger charge is -1.98. The van der Waals surface area contributed by atoms with Gasteiger partial charge in [-0.3, -0.25) is 4.98 Å². The highest BCUT2D eigenvalue weighted by Crippen LogP contribution is 2.46. The van der Waals surface area contributed by atoms with Gasteiger partial charge in [0, 0.05) is 24.4 Å². The van der Waals surface area contributed by atoms with Gasteiger partial charge in [-0.15, -0.1) is 0 Å². The van der Waals surface area contributed by atoms with Crippen LogP contribution in [0.3, 0.4) is 0 Å². The van der Waals surface area contributed by atoms with Crippen molar-refractivity contribution in [2.45, 2.75) is 19.3 Å². The van der Waals surface area contributed by atoms with Gasteiger partial charge in [0.2, 0.25) is 0 Å². The number of pyridine rings is 1. The predicted molar refractivity (Wildman–Crippen MR) is 46.9 cm³/mol. The van der Waals surface area contributed by atoms with Crippen LogP contribution in [0, 0.1) is 12.8 Å². The van der Waals surface area contributed by atoms with Crippen LogP contribution >= 0.6 is 0 Å². The van der Waals surface area contributed by atoms with E-state index in [2.05, 4.69) is 18.0 Å². The molecule has 1 aromatic heterocycles. The molecule has 1 aromatic rings. The number of aliphatic hydroxyl groups excluding tert-OH is 1.